The van der Waals surface area contributed by atoms with Crippen LogP contribution in [0.2, 0.25) is 0 Å². The first-order valence-electron chi connectivity index (χ1n) is 9.74. The quantitative estimate of drug-likeness (QED) is 0.919. The van der Waals surface area contributed by atoms with Crippen molar-refractivity contribution in [1.82, 2.24) is 15.3 Å². The molecule has 0 radical (unpaired) electrons. The van der Waals surface area contributed by atoms with Gasteiger partial charge in [0.1, 0.15) is 5.69 Å². The maximum atomic E-state index is 12.9. The number of rotatable bonds is 3. The number of hydrogen-bond donors (Lipinski definition) is 1. The minimum atomic E-state index is -0.0931. The number of carbonyl (C=O) groups is 1. The fourth-order valence-electron chi connectivity index (χ4n) is 6.36. The minimum Gasteiger partial charge on any atom is -0.345 e. The van der Waals surface area contributed by atoms with Crippen LogP contribution in [0.25, 0.3) is 0 Å². The Balaban J connectivity index is 1.46. The molecule has 1 amide bonds. The second kappa shape index (κ2) is 5.63. The van der Waals surface area contributed by atoms with Gasteiger partial charge in [0.25, 0.3) is 5.91 Å². The lowest BCUT2D eigenvalue weighted by Gasteiger charge is -2.62. The molecule has 4 saturated carbocycles. The summed E-state index contributed by atoms with van der Waals surface area (Å²) in [5, 5.41) is 3.43. The molecule has 4 aliphatic carbocycles. The molecule has 1 N–H and O–H groups in total. The first-order valence-corrected chi connectivity index (χ1v) is 9.74. The van der Waals surface area contributed by atoms with Crippen LogP contribution in [0.1, 0.15) is 60.4 Å². The number of aromatic nitrogens is 2. The Bertz CT molecular complexity index is 833. The highest BCUT2D eigenvalue weighted by molar-refractivity contribution is 5.92. The summed E-state index contributed by atoms with van der Waals surface area (Å²) in [6.07, 6.45) is 8.90. The average molecular weight is 347 g/mol. The van der Waals surface area contributed by atoms with E-state index in [1.165, 1.54) is 25.0 Å². The van der Waals surface area contributed by atoms with Gasteiger partial charge in [0.15, 0.2) is 0 Å². The number of nitrogens with one attached hydrogen (secondary N) is 1. The number of carbonyl (C=O) groups excluding carboxylic acids is 1. The Labute approximate surface area is 154 Å². The Morgan fingerprint density at radius 1 is 1.08 bits per heavy atom. The van der Waals surface area contributed by atoms with Crippen molar-refractivity contribution in [2.75, 3.05) is 0 Å². The SMILES string of the molecule is Cc1cccc(C(=O)NC23CC4CC(C2)CC(c2ccccn2)(C4)C3)n1. The second-order valence-corrected chi connectivity index (χ2v) is 8.85. The molecule has 4 aliphatic rings. The highest BCUT2D eigenvalue weighted by Gasteiger charge is 2.59. The topological polar surface area (TPSA) is 54.9 Å². The number of aryl methyl sites for hydroxylation is 1. The molecule has 4 nitrogen and oxygen atoms in total. The summed E-state index contributed by atoms with van der Waals surface area (Å²) in [7, 11) is 0. The molecule has 26 heavy (non-hydrogen) atoms. The lowest BCUT2D eigenvalue weighted by Crippen LogP contribution is -2.64. The molecular weight excluding hydrogens is 322 g/mol. The Morgan fingerprint density at radius 3 is 2.58 bits per heavy atom. The van der Waals surface area contributed by atoms with E-state index in [4.69, 9.17) is 4.98 Å². The average Bonchev–Trinajstić information content (AvgIpc) is 2.61. The summed E-state index contributed by atoms with van der Waals surface area (Å²) in [6, 6.07) is 11.9. The lowest BCUT2D eigenvalue weighted by atomic mass is 9.46. The predicted octanol–water partition coefficient (Wildman–Crippen LogP) is 3.81. The third-order valence-electron chi connectivity index (χ3n) is 6.77. The summed E-state index contributed by atoms with van der Waals surface area (Å²) >= 11 is 0. The van der Waals surface area contributed by atoms with E-state index in [1.807, 2.05) is 37.4 Å². The molecule has 0 aromatic carbocycles. The number of nitrogens with zero attached hydrogens (tertiary/aromatic N) is 2. The fraction of sp³-hybridized carbons (Fsp3) is 0.500. The van der Waals surface area contributed by atoms with Crippen molar-refractivity contribution in [3.63, 3.8) is 0 Å². The molecule has 2 atom stereocenters. The third kappa shape index (κ3) is 2.54. The van der Waals surface area contributed by atoms with Gasteiger partial charge in [-0.1, -0.05) is 12.1 Å². The van der Waals surface area contributed by atoms with Crippen LogP contribution in [0.5, 0.6) is 0 Å². The summed E-state index contributed by atoms with van der Waals surface area (Å²) in [4.78, 5) is 22.1. The Kier molecular flexibility index (Phi) is 3.46. The standard InChI is InChI=1S/C22H25N3O/c1-15-5-4-6-18(24-15)20(26)25-22-12-16-9-17(13-22)11-21(10-16,14-22)19-7-2-3-8-23-19/h2-8,16-17H,9-14H2,1H3,(H,25,26). The van der Waals surface area contributed by atoms with Crippen molar-refractivity contribution in [2.45, 2.75) is 56.4 Å². The maximum Gasteiger partial charge on any atom is 0.270 e. The molecule has 0 aliphatic heterocycles. The Hall–Kier alpha value is -2.23. The van der Waals surface area contributed by atoms with Gasteiger partial charge in [-0.25, -0.2) is 4.98 Å². The minimum absolute atomic E-state index is 0.0215. The molecular formula is C22H25N3O. The van der Waals surface area contributed by atoms with Crippen LogP contribution in [0.3, 0.4) is 0 Å². The molecule has 2 unspecified atom stereocenters. The summed E-state index contributed by atoms with van der Waals surface area (Å²) in [5.41, 5.74) is 2.69. The third-order valence-corrected chi connectivity index (χ3v) is 6.77. The number of pyridine rings is 2. The molecule has 134 valence electrons. The summed E-state index contributed by atoms with van der Waals surface area (Å²) in [6.45, 7) is 1.93. The molecule has 0 saturated heterocycles. The maximum absolute atomic E-state index is 12.9. The predicted molar refractivity (Wildman–Crippen MR) is 99.8 cm³/mol. The van der Waals surface area contributed by atoms with Gasteiger partial charge in [-0.15, -0.1) is 0 Å². The van der Waals surface area contributed by atoms with Gasteiger partial charge >= 0.3 is 0 Å². The van der Waals surface area contributed by atoms with Gasteiger partial charge in [-0.2, -0.15) is 0 Å². The van der Waals surface area contributed by atoms with Crippen molar-refractivity contribution in [1.29, 1.82) is 0 Å². The monoisotopic (exact) mass is 347 g/mol. The van der Waals surface area contributed by atoms with E-state index in [1.54, 1.807) is 0 Å². The van der Waals surface area contributed by atoms with Crippen molar-refractivity contribution in [3.8, 4) is 0 Å². The van der Waals surface area contributed by atoms with Gasteiger partial charge in [0.05, 0.1) is 0 Å². The van der Waals surface area contributed by atoms with E-state index in [0.29, 0.717) is 17.5 Å². The van der Waals surface area contributed by atoms with E-state index in [-0.39, 0.29) is 16.9 Å². The summed E-state index contributed by atoms with van der Waals surface area (Å²) in [5.74, 6) is 1.37. The van der Waals surface area contributed by atoms with Gasteiger partial charge in [0.2, 0.25) is 0 Å². The molecule has 6 rings (SSSR count). The lowest BCUT2D eigenvalue weighted by molar-refractivity contribution is -0.0388. The molecule has 0 spiro atoms. The van der Waals surface area contributed by atoms with Gasteiger partial charge < -0.3 is 5.32 Å². The van der Waals surface area contributed by atoms with E-state index in [9.17, 15) is 4.79 Å². The molecule has 2 heterocycles. The molecule has 2 aromatic rings. The van der Waals surface area contributed by atoms with Crippen LogP contribution >= 0.6 is 0 Å². The smallest absolute Gasteiger partial charge is 0.270 e. The molecule has 2 aromatic heterocycles. The Morgan fingerprint density at radius 2 is 1.88 bits per heavy atom. The molecule has 4 bridgehead atoms. The first-order chi connectivity index (χ1) is 12.6. The van der Waals surface area contributed by atoms with Crippen LogP contribution in [0.15, 0.2) is 42.6 Å². The van der Waals surface area contributed by atoms with Crippen LogP contribution in [-0.2, 0) is 5.41 Å². The fourth-order valence-corrected chi connectivity index (χ4v) is 6.36. The van der Waals surface area contributed by atoms with E-state index in [2.05, 4.69) is 22.4 Å². The normalized spacial score (nSPS) is 34.7. The van der Waals surface area contributed by atoms with Crippen LogP contribution < -0.4 is 5.32 Å². The van der Waals surface area contributed by atoms with Crippen molar-refractivity contribution >= 4 is 5.91 Å². The molecule has 4 heteroatoms. The van der Waals surface area contributed by atoms with Gasteiger partial charge in [-0.05, 0) is 81.5 Å². The van der Waals surface area contributed by atoms with Crippen LogP contribution in [-0.4, -0.2) is 21.4 Å². The molecule has 4 fully saturated rings. The zero-order valence-electron chi connectivity index (χ0n) is 15.2. The van der Waals surface area contributed by atoms with Crippen molar-refractivity contribution in [2.24, 2.45) is 11.8 Å². The van der Waals surface area contributed by atoms with E-state index < -0.39 is 0 Å². The van der Waals surface area contributed by atoms with Crippen LogP contribution in [0, 0.1) is 18.8 Å². The zero-order valence-corrected chi connectivity index (χ0v) is 15.2. The zero-order chi connectivity index (χ0) is 17.8. The van der Waals surface area contributed by atoms with Crippen LogP contribution in [0.4, 0.5) is 0 Å². The highest BCUT2D eigenvalue weighted by Crippen LogP contribution is 2.61. The largest absolute Gasteiger partial charge is 0.345 e. The first kappa shape index (κ1) is 16.0. The van der Waals surface area contributed by atoms with E-state index >= 15 is 0 Å². The van der Waals surface area contributed by atoms with Gasteiger partial charge in [-0.3, -0.25) is 9.78 Å². The number of hydrogen-bond acceptors (Lipinski definition) is 3. The summed E-state index contributed by atoms with van der Waals surface area (Å²) < 4.78 is 0. The number of amides is 1. The van der Waals surface area contributed by atoms with Gasteiger partial charge in [0, 0.05) is 28.5 Å². The highest BCUT2D eigenvalue weighted by atomic mass is 16.2. The van der Waals surface area contributed by atoms with E-state index in [0.717, 1.165) is 25.0 Å². The van der Waals surface area contributed by atoms with Crippen molar-refractivity contribution < 1.29 is 4.79 Å². The second-order valence-electron chi connectivity index (χ2n) is 8.85. The van der Waals surface area contributed by atoms with Crippen molar-refractivity contribution in [3.05, 3.63) is 59.7 Å².